The van der Waals surface area contributed by atoms with Gasteiger partial charge >= 0.3 is 0 Å². The van der Waals surface area contributed by atoms with E-state index in [2.05, 4.69) is 31.4 Å². The lowest BCUT2D eigenvalue weighted by Gasteiger charge is -2.09. The van der Waals surface area contributed by atoms with Crippen LogP contribution < -0.4 is 10.1 Å². The van der Waals surface area contributed by atoms with Crippen molar-refractivity contribution >= 4 is 38.3 Å². The first-order chi connectivity index (χ1) is 11.6. The summed E-state index contributed by atoms with van der Waals surface area (Å²) < 4.78 is 6.36. The van der Waals surface area contributed by atoms with E-state index in [4.69, 9.17) is 4.74 Å². The Morgan fingerprint density at radius 1 is 1.17 bits per heavy atom. The van der Waals surface area contributed by atoms with Crippen molar-refractivity contribution in [2.75, 3.05) is 11.9 Å². The molecule has 0 bridgehead atoms. The SMILES string of the molecule is Cc1nnc(NC(=O)COc2ccc(-c3ccccc3)cc2Br)s1. The quantitative estimate of drug-likeness (QED) is 0.689. The monoisotopic (exact) mass is 403 g/mol. The van der Waals surface area contributed by atoms with Gasteiger partial charge in [0.15, 0.2) is 6.61 Å². The van der Waals surface area contributed by atoms with Gasteiger partial charge in [-0.2, -0.15) is 0 Å². The third kappa shape index (κ3) is 4.18. The molecule has 7 heteroatoms. The lowest BCUT2D eigenvalue weighted by molar-refractivity contribution is -0.118. The molecule has 3 rings (SSSR count). The number of hydrogen-bond acceptors (Lipinski definition) is 5. The molecule has 1 N–H and O–H groups in total. The van der Waals surface area contributed by atoms with Gasteiger partial charge in [-0.1, -0.05) is 47.7 Å². The van der Waals surface area contributed by atoms with Gasteiger partial charge in [-0.15, -0.1) is 10.2 Å². The molecule has 0 saturated carbocycles. The number of halogens is 1. The fraction of sp³-hybridized carbons (Fsp3) is 0.118. The summed E-state index contributed by atoms with van der Waals surface area (Å²) in [7, 11) is 0. The molecule has 0 spiro atoms. The second-order valence-electron chi connectivity index (χ2n) is 4.97. The number of rotatable bonds is 5. The van der Waals surface area contributed by atoms with Gasteiger partial charge in [0.25, 0.3) is 5.91 Å². The first kappa shape index (κ1) is 16.6. The van der Waals surface area contributed by atoms with Crippen LogP contribution in [0.1, 0.15) is 5.01 Å². The molecule has 1 heterocycles. The molecular formula is C17H14BrN3O2S. The minimum atomic E-state index is -0.273. The Kier molecular flexibility index (Phi) is 5.22. The Morgan fingerprint density at radius 2 is 1.96 bits per heavy atom. The topological polar surface area (TPSA) is 64.1 Å². The summed E-state index contributed by atoms with van der Waals surface area (Å²) >= 11 is 4.81. The molecule has 24 heavy (non-hydrogen) atoms. The number of aromatic nitrogens is 2. The highest BCUT2D eigenvalue weighted by Crippen LogP contribution is 2.30. The number of nitrogens with one attached hydrogen (secondary N) is 1. The van der Waals surface area contributed by atoms with E-state index in [1.54, 1.807) is 0 Å². The zero-order valence-corrected chi connectivity index (χ0v) is 15.2. The van der Waals surface area contributed by atoms with Gasteiger partial charge in [0, 0.05) is 0 Å². The van der Waals surface area contributed by atoms with Crippen LogP contribution in [0, 0.1) is 6.92 Å². The van der Waals surface area contributed by atoms with Gasteiger partial charge in [-0.3, -0.25) is 10.1 Å². The van der Waals surface area contributed by atoms with Crippen molar-refractivity contribution in [2.24, 2.45) is 0 Å². The maximum atomic E-state index is 11.9. The van der Waals surface area contributed by atoms with E-state index in [0.29, 0.717) is 10.9 Å². The van der Waals surface area contributed by atoms with Gasteiger partial charge in [0.1, 0.15) is 10.8 Å². The average Bonchev–Trinajstić information content (AvgIpc) is 2.99. The third-order valence-electron chi connectivity index (χ3n) is 3.17. The fourth-order valence-electron chi connectivity index (χ4n) is 2.07. The number of amides is 1. The smallest absolute Gasteiger partial charge is 0.264 e. The lowest BCUT2D eigenvalue weighted by atomic mass is 10.1. The fourth-order valence-corrected chi connectivity index (χ4v) is 3.18. The molecule has 0 aliphatic heterocycles. The Labute approximate surface area is 151 Å². The Bertz CT molecular complexity index is 852. The molecule has 1 aromatic heterocycles. The minimum Gasteiger partial charge on any atom is -0.483 e. The van der Waals surface area contributed by atoms with Crippen molar-refractivity contribution in [3.63, 3.8) is 0 Å². The van der Waals surface area contributed by atoms with Gasteiger partial charge in [0.2, 0.25) is 5.13 Å². The zero-order valence-electron chi connectivity index (χ0n) is 12.8. The van der Waals surface area contributed by atoms with Crippen LogP contribution in [-0.4, -0.2) is 22.7 Å². The highest BCUT2D eigenvalue weighted by Gasteiger charge is 2.09. The van der Waals surface area contributed by atoms with E-state index in [0.717, 1.165) is 20.6 Å². The number of carbonyl (C=O) groups excluding carboxylic acids is 1. The molecule has 5 nitrogen and oxygen atoms in total. The minimum absolute atomic E-state index is 0.0953. The van der Waals surface area contributed by atoms with E-state index in [9.17, 15) is 4.79 Å². The van der Waals surface area contributed by atoms with Crippen molar-refractivity contribution in [1.29, 1.82) is 0 Å². The van der Waals surface area contributed by atoms with Gasteiger partial charge < -0.3 is 4.74 Å². The van der Waals surface area contributed by atoms with Crippen LogP contribution in [0.4, 0.5) is 5.13 Å². The molecule has 3 aromatic rings. The summed E-state index contributed by atoms with van der Waals surface area (Å²) in [6.45, 7) is 1.73. The number of hydrogen-bond donors (Lipinski definition) is 1. The van der Waals surface area contributed by atoms with Gasteiger partial charge in [0.05, 0.1) is 4.47 Å². The van der Waals surface area contributed by atoms with Crippen molar-refractivity contribution in [3.05, 3.63) is 58.0 Å². The average molecular weight is 404 g/mol. The summed E-state index contributed by atoms with van der Waals surface area (Å²) in [5, 5.41) is 11.6. The second-order valence-corrected chi connectivity index (χ2v) is 7.01. The van der Waals surface area contributed by atoms with Crippen LogP contribution in [0.3, 0.4) is 0 Å². The first-order valence-corrected chi connectivity index (χ1v) is 8.80. The van der Waals surface area contributed by atoms with Crippen LogP contribution in [0.5, 0.6) is 5.75 Å². The predicted molar refractivity (Wildman–Crippen MR) is 98.3 cm³/mol. The Hall–Kier alpha value is -2.25. The lowest BCUT2D eigenvalue weighted by Crippen LogP contribution is -2.20. The van der Waals surface area contributed by atoms with E-state index in [1.807, 2.05) is 55.5 Å². The van der Waals surface area contributed by atoms with Crippen molar-refractivity contribution in [2.45, 2.75) is 6.92 Å². The summed E-state index contributed by atoms with van der Waals surface area (Å²) in [6, 6.07) is 15.8. The molecule has 0 radical (unpaired) electrons. The number of nitrogens with zero attached hydrogens (tertiary/aromatic N) is 2. The third-order valence-corrected chi connectivity index (χ3v) is 4.54. The molecule has 0 fully saturated rings. The van der Waals surface area contributed by atoms with Crippen LogP contribution >= 0.6 is 27.3 Å². The van der Waals surface area contributed by atoms with Crippen molar-refractivity contribution in [3.8, 4) is 16.9 Å². The van der Waals surface area contributed by atoms with Gasteiger partial charge in [-0.05, 0) is 46.1 Å². The maximum Gasteiger partial charge on any atom is 0.264 e. The molecule has 122 valence electrons. The molecular weight excluding hydrogens is 390 g/mol. The molecule has 2 aromatic carbocycles. The normalized spacial score (nSPS) is 10.4. The molecule has 0 saturated heterocycles. The van der Waals surface area contributed by atoms with Crippen LogP contribution in [0.2, 0.25) is 0 Å². The highest BCUT2D eigenvalue weighted by molar-refractivity contribution is 9.10. The summed E-state index contributed by atoms with van der Waals surface area (Å²) in [5.41, 5.74) is 2.19. The molecule has 0 aliphatic rings. The van der Waals surface area contributed by atoms with E-state index < -0.39 is 0 Å². The zero-order chi connectivity index (χ0) is 16.9. The summed E-state index contributed by atoms with van der Waals surface area (Å²) in [4.78, 5) is 11.9. The van der Waals surface area contributed by atoms with Crippen molar-refractivity contribution < 1.29 is 9.53 Å². The first-order valence-electron chi connectivity index (χ1n) is 7.19. The highest BCUT2D eigenvalue weighted by atomic mass is 79.9. The number of anilines is 1. The summed E-state index contributed by atoms with van der Waals surface area (Å²) in [5.74, 6) is 0.337. The Morgan fingerprint density at radius 3 is 2.62 bits per heavy atom. The maximum absolute atomic E-state index is 11.9. The molecule has 0 atom stereocenters. The van der Waals surface area contributed by atoms with Crippen LogP contribution in [0.25, 0.3) is 11.1 Å². The largest absolute Gasteiger partial charge is 0.483 e. The standard InChI is InChI=1S/C17H14BrN3O2S/c1-11-20-21-17(24-11)19-16(22)10-23-15-8-7-13(9-14(15)18)12-5-3-2-4-6-12/h2-9H,10H2,1H3,(H,19,21,22). The van der Waals surface area contributed by atoms with E-state index in [-0.39, 0.29) is 12.5 Å². The van der Waals surface area contributed by atoms with Crippen LogP contribution in [0.15, 0.2) is 53.0 Å². The number of ether oxygens (including phenoxy) is 1. The van der Waals surface area contributed by atoms with E-state index >= 15 is 0 Å². The van der Waals surface area contributed by atoms with E-state index in [1.165, 1.54) is 11.3 Å². The van der Waals surface area contributed by atoms with Crippen molar-refractivity contribution in [1.82, 2.24) is 10.2 Å². The second kappa shape index (κ2) is 7.55. The number of carbonyl (C=O) groups is 1. The van der Waals surface area contributed by atoms with Crippen LogP contribution in [-0.2, 0) is 4.79 Å². The number of aryl methyl sites for hydroxylation is 1. The van der Waals surface area contributed by atoms with Gasteiger partial charge in [-0.25, -0.2) is 0 Å². The summed E-state index contributed by atoms with van der Waals surface area (Å²) in [6.07, 6.45) is 0. The molecule has 0 aliphatic carbocycles. The predicted octanol–water partition coefficient (Wildman–Crippen LogP) is 4.29. The molecule has 1 amide bonds. The Balaban J connectivity index is 1.62. The molecule has 0 unspecified atom stereocenters. The number of benzene rings is 2.